The molecule has 1 atom stereocenters. The van der Waals surface area contributed by atoms with E-state index >= 15 is 0 Å². The predicted octanol–water partition coefficient (Wildman–Crippen LogP) is 2.99. The molecule has 166 valence electrons. The van der Waals surface area contributed by atoms with E-state index < -0.39 is 0 Å². The molecule has 1 unspecified atom stereocenters. The first-order valence-electron chi connectivity index (χ1n) is 11.1. The van der Waals surface area contributed by atoms with E-state index in [2.05, 4.69) is 19.7 Å². The number of amides is 1. The Morgan fingerprint density at radius 2 is 1.94 bits per heavy atom. The summed E-state index contributed by atoms with van der Waals surface area (Å²) < 4.78 is 14.0. The highest BCUT2D eigenvalue weighted by molar-refractivity contribution is 7.99. The minimum Gasteiger partial charge on any atom is -0.486 e. The fourth-order valence-corrected chi connectivity index (χ4v) is 5.07. The number of hydrogen-bond acceptors (Lipinski definition) is 7. The zero-order valence-corrected chi connectivity index (χ0v) is 18.7. The molecule has 2 fully saturated rings. The maximum absolute atomic E-state index is 12.8. The number of anilines is 1. The predicted molar refractivity (Wildman–Crippen MR) is 119 cm³/mol. The van der Waals surface area contributed by atoms with Gasteiger partial charge in [0, 0.05) is 26.2 Å². The minimum atomic E-state index is -0.172. The van der Waals surface area contributed by atoms with Gasteiger partial charge in [0.05, 0.1) is 12.3 Å². The molecule has 8 nitrogen and oxygen atoms in total. The summed E-state index contributed by atoms with van der Waals surface area (Å²) in [6.45, 7) is 3.02. The molecule has 2 aliphatic heterocycles. The molecule has 1 saturated heterocycles. The van der Waals surface area contributed by atoms with Crippen molar-refractivity contribution in [1.29, 1.82) is 0 Å². The number of aromatic nitrogens is 3. The van der Waals surface area contributed by atoms with Gasteiger partial charge in [-0.3, -0.25) is 9.36 Å². The number of fused-ring (bicyclic) bond motifs is 1. The van der Waals surface area contributed by atoms with Crippen molar-refractivity contribution < 1.29 is 14.3 Å². The molecule has 1 aromatic heterocycles. The highest BCUT2D eigenvalue weighted by Crippen LogP contribution is 2.41. The molecule has 1 saturated carbocycles. The summed E-state index contributed by atoms with van der Waals surface area (Å²) in [7, 11) is 1.82. The van der Waals surface area contributed by atoms with Crippen LogP contribution in [0.15, 0.2) is 29.4 Å². The first-order chi connectivity index (χ1) is 15.2. The van der Waals surface area contributed by atoms with Crippen molar-refractivity contribution >= 4 is 23.6 Å². The molecular weight excluding hydrogens is 414 g/mol. The third-order valence-electron chi connectivity index (χ3n) is 5.99. The lowest BCUT2D eigenvalue weighted by atomic mass is 10.1. The fraction of sp³-hybridized carbons (Fsp3) is 0.591. The number of carbonyl (C=O) groups excluding carboxylic acids is 1. The Hall–Kier alpha value is -2.42. The highest BCUT2D eigenvalue weighted by Gasteiger charge is 2.32. The summed E-state index contributed by atoms with van der Waals surface area (Å²) in [5.74, 6) is 2.86. The molecule has 2 aromatic rings. The Morgan fingerprint density at radius 3 is 2.71 bits per heavy atom. The summed E-state index contributed by atoms with van der Waals surface area (Å²) in [6, 6.07) is 8.11. The number of carbonyl (C=O) groups is 1. The van der Waals surface area contributed by atoms with Crippen LogP contribution in [0, 0.1) is 0 Å². The van der Waals surface area contributed by atoms with Gasteiger partial charge in [-0.15, -0.1) is 10.2 Å². The molecule has 5 rings (SSSR count). The molecule has 1 aromatic carbocycles. The van der Waals surface area contributed by atoms with Gasteiger partial charge in [-0.25, -0.2) is 0 Å². The number of ether oxygens (including phenoxy) is 2. The van der Waals surface area contributed by atoms with Crippen molar-refractivity contribution in [3.63, 3.8) is 0 Å². The third-order valence-corrected chi connectivity index (χ3v) is 6.92. The number of benzene rings is 1. The molecule has 3 heterocycles. The van der Waals surface area contributed by atoms with E-state index in [1.807, 2.05) is 31.3 Å². The van der Waals surface area contributed by atoms with Crippen LogP contribution in [0.1, 0.15) is 38.1 Å². The van der Waals surface area contributed by atoms with Gasteiger partial charge in [-0.2, -0.15) is 0 Å². The Morgan fingerprint density at radius 1 is 1.16 bits per heavy atom. The molecule has 0 bridgehead atoms. The Bertz CT molecular complexity index is 926. The van der Waals surface area contributed by atoms with Gasteiger partial charge in [-0.05, 0) is 44.2 Å². The van der Waals surface area contributed by atoms with Crippen LogP contribution < -0.4 is 14.4 Å². The molecule has 0 radical (unpaired) electrons. The number of piperidine rings is 1. The molecule has 9 heteroatoms. The van der Waals surface area contributed by atoms with Gasteiger partial charge in [0.25, 0.3) is 0 Å². The van der Waals surface area contributed by atoms with E-state index in [0.717, 1.165) is 35.7 Å². The number of para-hydroxylation sites is 2. The minimum absolute atomic E-state index is 0.0531. The van der Waals surface area contributed by atoms with Gasteiger partial charge in [0.1, 0.15) is 6.61 Å². The molecule has 3 aliphatic rings. The van der Waals surface area contributed by atoms with E-state index in [1.165, 1.54) is 43.9 Å². The van der Waals surface area contributed by atoms with Gasteiger partial charge < -0.3 is 19.3 Å². The lowest BCUT2D eigenvalue weighted by Crippen LogP contribution is -2.42. The maximum atomic E-state index is 12.8. The summed E-state index contributed by atoms with van der Waals surface area (Å²) in [4.78, 5) is 16.9. The summed E-state index contributed by atoms with van der Waals surface area (Å²) in [5, 5.41) is 9.80. The fourth-order valence-electron chi connectivity index (χ4n) is 4.13. The van der Waals surface area contributed by atoms with Crippen LogP contribution in [-0.4, -0.2) is 70.7 Å². The van der Waals surface area contributed by atoms with Crippen molar-refractivity contribution in [2.24, 2.45) is 0 Å². The lowest BCUT2D eigenvalue weighted by molar-refractivity contribution is -0.128. The van der Waals surface area contributed by atoms with Crippen LogP contribution in [0.3, 0.4) is 0 Å². The monoisotopic (exact) mass is 443 g/mol. The zero-order chi connectivity index (χ0) is 21.2. The average Bonchev–Trinajstić information content (AvgIpc) is 3.56. The first-order valence-corrected chi connectivity index (χ1v) is 12.1. The lowest BCUT2D eigenvalue weighted by Gasteiger charge is -2.29. The smallest absolute Gasteiger partial charge is 0.232 e. The Kier molecular flexibility index (Phi) is 5.93. The first kappa shape index (κ1) is 20.5. The normalized spacial score (nSPS) is 20.5. The molecule has 1 aliphatic carbocycles. The summed E-state index contributed by atoms with van der Waals surface area (Å²) in [5.41, 5.74) is 0. The van der Waals surface area contributed by atoms with E-state index in [9.17, 15) is 4.79 Å². The second-order valence-electron chi connectivity index (χ2n) is 8.49. The van der Waals surface area contributed by atoms with Crippen LogP contribution in [0.25, 0.3) is 0 Å². The third kappa shape index (κ3) is 4.61. The van der Waals surface area contributed by atoms with Crippen molar-refractivity contribution in [1.82, 2.24) is 19.7 Å². The zero-order valence-electron chi connectivity index (χ0n) is 17.9. The number of hydrogen-bond donors (Lipinski definition) is 0. The van der Waals surface area contributed by atoms with Crippen LogP contribution in [0.5, 0.6) is 11.5 Å². The van der Waals surface area contributed by atoms with Gasteiger partial charge in [-0.1, -0.05) is 23.9 Å². The van der Waals surface area contributed by atoms with Crippen molar-refractivity contribution in [3.8, 4) is 11.5 Å². The van der Waals surface area contributed by atoms with E-state index in [4.69, 9.17) is 9.47 Å². The Labute approximate surface area is 186 Å². The van der Waals surface area contributed by atoms with Crippen LogP contribution >= 0.6 is 11.8 Å². The maximum Gasteiger partial charge on any atom is 0.232 e. The van der Waals surface area contributed by atoms with Crippen LogP contribution in [0.2, 0.25) is 0 Å². The average molecular weight is 444 g/mol. The van der Waals surface area contributed by atoms with Crippen molar-refractivity contribution in [2.75, 3.05) is 43.9 Å². The van der Waals surface area contributed by atoms with Gasteiger partial charge in [0.15, 0.2) is 22.8 Å². The standard InChI is InChI=1S/C22H29N5O3S/c1-25(13-17-14-29-18-7-3-4-8-19(18)30-17)20(28)15-31-22-24-23-21(27(22)16-9-10-16)26-11-5-2-6-12-26/h3-4,7-8,16-17H,2,5-6,9-15H2,1H3. The van der Waals surface area contributed by atoms with Gasteiger partial charge >= 0.3 is 0 Å². The Balaban J connectivity index is 1.17. The van der Waals surface area contributed by atoms with Crippen LogP contribution in [-0.2, 0) is 4.79 Å². The summed E-state index contributed by atoms with van der Waals surface area (Å²) in [6.07, 6.45) is 5.87. The molecule has 31 heavy (non-hydrogen) atoms. The second kappa shape index (κ2) is 8.98. The second-order valence-corrected chi connectivity index (χ2v) is 9.43. The largest absolute Gasteiger partial charge is 0.486 e. The summed E-state index contributed by atoms with van der Waals surface area (Å²) >= 11 is 1.49. The van der Waals surface area contributed by atoms with E-state index in [-0.39, 0.29) is 12.0 Å². The molecule has 0 spiro atoms. The number of nitrogens with zero attached hydrogens (tertiary/aromatic N) is 5. The van der Waals surface area contributed by atoms with Crippen LogP contribution in [0.4, 0.5) is 5.95 Å². The molecule has 0 N–H and O–H groups in total. The highest BCUT2D eigenvalue weighted by atomic mass is 32.2. The van der Waals surface area contributed by atoms with E-state index in [0.29, 0.717) is 24.9 Å². The quantitative estimate of drug-likeness (QED) is 0.609. The van der Waals surface area contributed by atoms with Crippen molar-refractivity contribution in [2.45, 2.75) is 49.4 Å². The number of likely N-dealkylation sites (N-methyl/N-ethyl adjacent to an activating group) is 1. The molecule has 1 amide bonds. The van der Waals surface area contributed by atoms with Gasteiger partial charge in [0.2, 0.25) is 11.9 Å². The van der Waals surface area contributed by atoms with E-state index in [1.54, 1.807) is 4.90 Å². The SMILES string of the molecule is CN(CC1COc2ccccc2O1)C(=O)CSc1nnc(N2CCCCC2)n1C1CC1. The topological polar surface area (TPSA) is 72.7 Å². The molecular formula is C22H29N5O3S. The number of rotatable bonds is 7. The van der Waals surface area contributed by atoms with Crippen molar-refractivity contribution in [3.05, 3.63) is 24.3 Å². The number of thioether (sulfide) groups is 1.